The van der Waals surface area contributed by atoms with Gasteiger partial charge in [0.15, 0.2) is 17.3 Å². The molecular weight excluding hydrogens is 352 g/mol. The Kier molecular flexibility index (Phi) is 5.07. The molecule has 0 heterocycles. The number of aliphatic hydroxyl groups excluding tert-OH is 1. The minimum absolute atomic E-state index is 0.181. The van der Waals surface area contributed by atoms with E-state index in [2.05, 4.69) is 0 Å². The Morgan fingerprint density at radius 3 is 1.68 bits per heavy atom. The smallest absolute Gasteiger partial charge is 0.183 e. The standard InChI is InChI=1S/C24H24O4/c1-16(25)19-20(26)23(2,14-17-10-6-4-7-11-17)22(28)24(3,21(19)27)15-18-12-8-5-9-13-18/h4-13,26H,14-15H2,1-3H3. The van der Waals surface area contributed by atoms with Gasteiger partial charge in [-0.3, -0.25) is 14.4 Å². The third kappa shape index (κ3) is 3.19. The second-order valence-electron chi connectivity index (χ2n) is 7.93. The van der Waals surface area contributed by atoms with Crippen LogP contribution in [0.25, 0.3) is 0 Å². The van der Waals surface area contributed by atoms with E-state index in [9.17, 15) is 19.5 Å². The summed E-state index contributed by atoms with van der Waals surface area (Å²) in [5.41, 5.74) is -1.34. The Hall–Kier alpha value is -3.01. The van der Waals surface area contributed by atoms with Crippen LogP contribution in [0, 0.1) is 10.8 Å². The highest BCUT2D eigenvalue weighted by atomic mass is 16.3. The lowest BCUT2D eigenvalue weighted by Gasteiger charge is -2.42. The third-order valence-corrected chi connectivity index (χ3v) is 5.64. The number of carbonyl (C=O) groups is 3. The first-order valence-electron chi connectivity index (χ1n) is 9.32. The van der Waals surface area contributed by atoms with Crippen LogP contribution in [0.2, 0.25) is 0 Å². The van der Waals surface area contributed by atoms with E-state index in [0.717, 1.165) is 11.1 Å². The van der Waals surface area contributed by atoms with Crippen LogP contribution in [-0.4, -0.2) is 22.5 Å². The van der Waals surface area contributed by atoms with Gasteiger partial charge in [0.05, 0.1) is 16.4 Å². The zero-order valence-corrected chi connectivity index (χ0v) is 16.4. The molecule has 0 aromatic heterocycles. The number of hydrogen-bond acceptors (Lipinski definition) is 4. The Morgan fingerprint density at radius 2 is 1.25 bits per heavy atom. The van der Waals surface area contributed by atoms with E-state index in [4.69, 9.17) is 0 Å². The molecule has 3 rings (SSSR count). The largest absolute Gasteiger partial charge is 0.510 e. The van der Waals surface area contributed by atoms with E-state index in [1.165, 1.54) is 6.92 Å². The minimum atomic E-state index is -1.42. The number of carbonyl (C=O) groups excluding carboxylic acids is 3. The van der Waals surface area contributed by atoms with Gasteiger partial charge in [0, 0.05) is 0 Å². The van der Waals surface area contributed by atoms with Crippen molar-refractivity contribution < 1.29 is 19.5 Å². The van der Waals surface area contributed by atoms with Crippen molar-refractivity contribution in [2.75, 3.05) is 0 Å². The zero-order valence-electron chi connectivity index (χ0n) is 16.4. The Morgan fingerprint density at radius 1 is 0.821 bits per heavy atom. The Labute approximate surface area is 164 Å². The van der Waals surface area contributed by atoms with Crippen molar-refractivity contribution in [3.8, 4) is 0 Å². The predicted octanol–water partition coefficient (Wildman–Crippen LogP) is 4.04. The van der Waals surface area contributed by atoms with Crippen molar-refractivity contribution >= 4 is 17.3 Å². The fourth-order valence-electron chi connectivity index (χ4n) is 4.14. The summed E-state index contributed by atoms with van der Waals surface area (Å²) < 4.78 is 0. The Balaban J connectivity index is 2.15. The summed E-state index contributed by atoms with van der Waals surface area (Å²) in [4.78, 5) is 39.1. The van der Waals surface area contributed by atoms with Gasteiger partial charge in [-0.25, -0.2) is 0 Å². The molecule has 1 aliphatic rings. The predicted molar refractivity (Wildman–Crippen MR) is 107 cm³/mol. The second-order valence-corrected chi connectivity index (χ2v) is 7.93. The van der Waals surface area contributed by atoms with Gasteiger partial charge >= 0.3 is 0 Å². The molecule has 2 aromatic carbocycles. The van der Waals surface area contributed by atoms with Gasteiger partial charge in [-0.15, -0.1) is 0 Å². The molecule has 1 N–H and O–H groups in total. The van der Waals surface area contributed by atoms with Gasteiger partial charge in [0.2, 0.25) is 0 Å². The van der Waals surface area contributed by atoms with Gasteiger partial charge in [0.25, 0.3) is 0 Å². The van der Waals surface area contributed by atoms with Crippen LogP contribution in [0.3, 0.4) is 0 Å². The van der Waals surface area contributed by atoms with Crippen LogP contribution in [-0.2, 0) is 27.2 Å². The summed E-state index contributed by atoms with van der Waals surface area (Å²) >= 11 is 0. The van der Waals surface area contributed by atoms with Gasteiger partial charge in [-0.05, 0) is 44.7 Å². The first kappa shape index (κ1) is 19.7. The van der Waals surface area contributed by atoms with Crippen molar-refractivity contribution in [3.05, 3.63) is 83.1 Å². The van der Waals surface area contributed by atoms with Crippen LogP contribution in [0.5, 0.6) is 0 Å². The fraction of sp³-hybridized carbons (Fsp3) is 0.292. The summed E-state index contributed by atoms with van der Waals surface area (Å²) in [5.74, 6) is -1.89. The highest BCUT2D eigenvalue weighted by molar-refractivity contribution is 6.30. The SMILES string of the molecule is CC(=O)C1=C(O)C(C)(Cc2ccccc2)C(=O)C(C)(Cc2ccccc2)C1=O. The zero-order chi connectivity index (χ0) is 20.5. The molecule has 4 nitrogen and oxygen atoms in total. The number of aliphatic hydroxyl groups is 1. The van der Waals surface area contributed by atoms with E-state index in [-0.39, 0.29) is 24.2 Å². The average Bonchev–Trinajstić information content (AvgIpc) is 2.67. The topological polar surface area (TPSA) is 71.4 Å². The van der Waals surface area contributed by atoms with Crippen molar-refractivity contribution in [3.63, 3.8) is 0 Å². The first-order chi connectivity index (χ1) is 13.2. The summed E-state index contributed by atoms with van der Waals surface area (Å²) in [6.45, 7) is 4.46. The normalized spacial score (nSPS) is 25.1. The van der Waals surface area contributed by atoms with Crippen molar-refractivity contribution in [1.82, 2.24) is 0 Å². The van der Waals surface area contributed by atoms with Crippen molar-refractivity contribution in [2.45, 2.75) is 33.6 Å². The van der Waals surface area contributed by atoms with E-state index >= 15 is 0 Å². The maximum Gasteiger partial charge on any atom is 0.183 e. The molecule has 2 unspecified atom stereocenters. The van der Waals surface area contributed by atoms with Crippen molar-refractivity contribution in [2.24, 2.45) is 10.8 Å². The molecule has 0 saturated heterocycles. The van der Waals surface area contributed by atoms with Crippen LogP contribution in [0.15, 0.2) is 72.0 Å². The molecular formula is C24H24O4. The molecule has 0 aliphatic heterocycles. The molecule has 2 atom stereocenters. The highest BCUT2D eigenvalue weighted by Gasteiger charge is 2.58. The molecule has 0 bridgehead atoms. The number of ketones is 3. The van der Waals surface area contributed by atoms with E-state index < -0.39 is 28.2 Å². The molecule has 144 valence electrons. The summed E-state index contributed by atoms with van der Waals surface area (Å²) in [5, 5.41) is 10.9. The number of allylic oxidation sites excluding steroid dienone is 2. The van der Waals surface area contributed by atoms with Crippen LogP contribution in [0.1, 0.15) is 31.9 Å². The average molecular weight is 376 g/mol. The van der Waals surface area contributed by atoms with E-state index in [1.807, 2.05) is 60.7 Å². The lowest BCUT2D eigenvalue weighted by Crippen LogP contribution is -2.54. The number of Topliss-reactive ketones (excluding diaryl/α,β-unsaturated/α-hetero) is 3. The van der Waals surface area contributed by atoms with E-state index in [1.54, 1.807) is 13.8 Å². The summed E-state index contributed by atoms with van der Waals surface area (Å²) in [6, 6.07) is 18.6. The van der Waals surface area contributed by atoms with Gasteiger partial charge in [-0.1, -0.05) is 60.7 Å². The Bertz CT molecular complexity index is 959. The van der Waals surface area contributed by atoms with E-state index in [0.29, 0.717) is 0 Å². The minimum Gasteiger partial charge on any atom is -0.510 e. The molecule has 1 aliphatic carbocycles. The number of hydrogen-bond donors (Lipinski definition) is 1. The van der Waals surface area contributed by atoms with Crippen LogP contribution < -0.4 is 0 Å². The van der Waals surface area contributed by atoms with Gasteiger partial charge in [-0.2, -0.15) is 0 Å². The second kappa shape index (κ2) is 7.19. The molecule has 0 amide bonds. The quantitative estimate of drug-likeness (QED) is 0.632. The first-order valence-corrected chi connectivity index (χ1v) is 9.32. The van der Waals surface area contributed by atoms with Gasteiger partial charge < -0.3 is 5.11 Å². The molecule has 0 spiro atoms. The lowest BCUT2D eigenvalue weighted by atomic mass is 9.58. The molecule has 0 radical (unpaired) electrons. The molecule has 2 aromatic rings. The molecule has 0 saturated carbocycles. The maximum atomic E-state index is 13.6. The third-order valence-electron chi connectivity index (χ3n) is 5.64. The number of rotatable bonds is 5. The van der Waals surface area contributed by atoms with Crippen LogP contribution >= 0.6 is 0 Å². The van der Waals surface area contributed by atoms with Crippen molar-refractivity contribution in [1.29, 1.82) is 0 Å². The monoisotopic (exact) mass is 376 g/mol. The molecule has 0 fully saturated rings. The highest BCUT2D eigenvalue weighted by Crippen LogP contribution is 2.47. The van der Waals surface area contributed by atoms with Crippen LogP contribution in [0.4, 0.5) is 0 Å². The number of benzene rings is 2. The molecule has 4 heteroatoms. The lowest BCUT2D eigenvalue weighted by molar-refractivity contribution is -0.147. The summed E-state index contributed by atoms with van der Waals surface area (Å²) in [7, 11) is 0. The summed E-state index contributed by atoms with van der Waals surface area (Å²) in [6.07, 6.45) is 0.396. The maximum absolute atomic E-state index is 13.6. The van der Waals surface area contributed by atoms with Gasteiger partial charge in [0.1, 0.15) is 5.76 Å². The molecule has 28 heavy (non-hydrogen) atoms. The fourth-order valence-corrected chi connectivity index (χ4v) is 4.14.